The molecule has 206 valence electrons. The fourth-order valence-corrected chi connectivity index (χ4v) is 4.36. The van der Waals surface area contributed by atoms with Gasteiger partial charge in [0.1, 0.15) is 18.1 Å². The summed E-state index contributed by atoms with van der Waals surface area (Å²) in [4.78, 5) is 39.4. The number of hydrogen-bond acceptors (Lipinski definition) is 8. The molecule has 4 aromatic heterocycles. The lowest BCUT2D eigenvalue weighted by atomic mass is 9.98. The second-order valence-corrected chi connectivity index (χ2v) is 9.07. The van der Waals surface area contributed by atoms with Gasteiger partial charge in [-0.25, -0.2) is 9.97 Å². The van der Waals surface area contributed by atoms with Crippen molar-refractivity contribution in [2.45, 2.75) is 31.5 Å². The molecule has 4 aromatic rings. The van der Waals surface area contributed by atoms with Gasteiger partial charge in [-0.05, 0) is 49.2 Å². The number of anilines is 1. The summed E-state index contributed by atoms with van der Waals surface area (Å²) in [7, 11) is 0. The van der Waals surface area contributed by atoms with E-state index >= 15 is 0 Å². The van der Waals surface area contributed by atoms with Gasteiger partial charge in [0, 0.05) is 31.0 Å². The number of carbonyl (C=O) groups is 2. The number of likely N-dealkylation sites (tertiary alicyclic amines) is 1. The molecule has 5 heterocycles. The van der Waals surface area contributed by atoms with E-state index in [1.54, 1.807) is 17.0 Å². The molecule has 40 heavy (non-hydrogen) atoms. The van der Waals surface area contributed by atoms with Crippen molar-refractivity contribution in [3.05, 3.63) is 73.0 Å². The highest BCUT2D eigenvalue weighted by atomic mass is 19.4. The highest BCUT2D eigenvalue weighted by Crippen LogP contribution is 2.28. The number of aromatic nitrogens is 6. The van der Waals surface area contributed by atoms with Crippen molar-refractivity contribution in [2.75, 3.05) is 18.4 Å². The number of piperidine rings is 1. The maximum Gasteiger partial charge on any atom is 0.408 e. The number of pyridine rings is 2. The number of halogens is 3. The first-order valence-corrected chi connectivity index (χ1v) is 12.3. The molecular weight excluding hydrogens is 529 g/mol. The van der Waals surface area contributed by atoms with Crippen molar-refractivity contribution >= 4 is 17.6 Å². The number of carbonyl (C=O) groups excluding carboxylic acids is 2. The SMILES string of the molecule is C=CC(=O)N1CCC[C@H](c2nc(-c3ccc(NC(=O)c4cccc(-c5ccnn5CC(F)(F)F)n4)nc3)no2)C1. The van der Waals surface area contributed by atoms with Crippen LogP contribution in [0.1, 0.15) is 35.1 Å². The second kappa shape index (κ2) is 11.1. The molecule has 1 saturated heterocycles. The molecule has 11 nitrogen and oxygen atoms in total. The van der Waals surface area contributed by atoms with Gasteiger partial charge in [0.15, 0.2) is 0 Å². The first kappa shape index (κ1) is 26.7. The van der Waals surface area contributed by atoms with E-state index in [1.165, 1.54) is 42.7 Å². The summed E-state index contributed by atoms with van der Waals surface area (Å²) < 4.78 is 44.8. The van der Waals surface area contributed by atoms with E-state index in [0.717, 1.165) is 17.5 Å². The predicted molar refractivity (Wildman–Crippen MR) is 136 cm³/mol. The fraction of sp³-hybridized carbons (Fsp3) is 0.269. The third kappa shape index (κ3) is 6.06. The molecule has 1 atom stereocenters. The average molecular weight is 553 g/mol. The monoisotopic (exact) mass is 552 g/mol. The van der Waals surface area contributed by atoms with Crippen molar-refractivity contribution in [3.8, 4) is 22.8 Å². The van der Waals surface area contributed by atoms with E-state index < -0.39 is 18.6 Å². The predicted octanol–water partition coefficient (Wildman–Crippen LogP) is 4.10. The molecule has 0 saturated carbocycles. The Hall–Kier alpha value is -4.88. The van der Waals surface area contributed by atoms with Crippen molar-refractivity contribution in [3.63, 3.8) is 0 Å². The third-order valence-electron chi connectivity index (χ3n) is 6.25. The number of alkyl halides is 3. The maximum absolute atomic E-state index is 12.9. The largest absolute Gasteiger partial charge is 0.408 e. The number of amides is 2. The van der Waals surface area contributed by atoms with Crippen molar-refractivity contribution in [2.24, 2.45) is 0 Å². The Bertz CT molecular complexity index is 1530. The Morgan fingerprint density at radius 2 is 2.02 bits per heavy atom. The lowest BCUT2D eigenvalue weighted by molar-refractivity contribution is -0.142. The Morgan fingerprint density at radius 1 is 1.18 bits per heavy atom. The van der Waals surface area contributed by atoms with Gasteiger partial charge in [-0.3, -0.25) is 14.3 Å². The first-order chi connectivity index (χ1) is 19.2. The molecule has 14 heteroatoms. The summed E-state index contributed by atoms with van der Waals surface area (Å²) in [6, 6.07) is 9.06. The average Bonchev–Trinajstić information content (AvgIpc) is 3.62. The minimum absolute atomic E-state index is 0.0117. The number of nitrogens with zero attached hydrogens (tertiary/aromatic N) is 7. The molecule has 0 radical (unpaired) electrons. The number of hydrogen-bond donors (Lipinski definition) is 1. The lowest BCUT2D eigenvalue weighted by Gasteiger charge is -2.30. The van der Waals surface area contributed by atoms with Gasteiger partial charge in [0.05, 0.1) is 17.3 Å². The van der Waals surface area contributed by atoms with Crippen molar-refractivity contribution < 1.29 is 27.3 Å². The van der Waals surface area contributed by atoms with Gasteiger partial charge < -0.3 is 14.7 Å². The summed E-state index contributed by atoms with van der Waals surface area (Å²) in [6.07, 6.45) is 1.16. The van der Waals surface area contributed by atoms with E-state index in [0.29, 0.717) is 30.4 Å². The van der Waals surface area contributed by atoms with Crippen LogP contribution in [0.25, 0.3) is 22.8 Å². The van der Waals surface area contributed by atoms with Crippen molar-refractivity contribution in [1.29, 1.82) is 0 Å². The Morgan fingerprint density at radius 3 is 2.77 bits per heavy atom. The standard InChI is InChI=1S/C26H23F3N8O3/c1-2-22(38)36-12-4-5-17(14-36)25-34-23(35-40-25)16-8-9-21(30-13-16)33-24(39)19-7-3-6-18(32-19)20-10-11-31-37(20)15-26(27,28)29/h2-3,6-11,13,17H,1,4-5,12,14-15H2,(H,30,33,39)/t17-/m0/s1. The van der Waals surface area contributed by atoms with E-state index in [-0.39, 0.29) is 34.7 Å². The topological polar surface area (TPSA) is 132 Å². The third-order valence-corrected chi connectivity index (χ3v) is 6.25. The zero-order valence-corrected chi connectivity index (χ0v) is 21.0. The fourth-order valence-electron chi connectivity index (χ4n) is 4.36. The molecule has 0 unspecified atom stereocenters. The van der Waals surface area contributed by atoms with Crippen LogP contribution in [0.15, 0.2) is 66.0 Å². The Labute approximate surface area is 225 Å². The highest BCUT2D eigenvalue weighted by Gasteiger charge is 2.30. The molecule has 5 rings (SSSR count). The molecule has 1 aliphatic rings. The minimum Gasteiger partial charge on any atom is -0.339 e. The second-order valence-electron chi connectivity index (χ2n) is 9.07. The summed E-state index contributed by atoms with van der Waals surface area (Å²) in [5.74, 6) is 0.148. The van der Waals surface area contributed by atoms with Gasteiger partial charge >= 0.3 is 6.18 Å². The molecular formula is C26H23F3N8O3. The van der Waals surface area contributed by atoms with E-state index in [4.69, 9.17) is 4.52 Å². The van der Waals surface area contributed by atoms with Crippen LogP contribution < -0.4 is 5.32 Å². The normalized spacial score (nSPS) is 15.6. The Balaban J connectivity index is 1.25. The zero-order valence-electron chi connectivity index (χ0n) is 21.0. The van der Waals surface area contributed by atoms with Gasteiger partial charge in [-0.2, -0.15) is 23.3 Å². The molecule has 0 aromatic carbocycles. The van der Waals surface area contributed by atoms with Gasteiger partial charge in [0.25, 0.3) is 5.91 Å². The van der Waals surface area contributed by atoms with Crippen LogP contribution >= 0.6 is 0 Å². The molecule has 0 bridgehead atoms. The smallest absolute Gasteiger partial charge is 0.339 e. The molecule has 0 aliphatic carbocycles. The molecule has 0 spiro atoms. The summed E-state index contributed by atoms with van der Waals surface area (Å²) in [5, 5.41) is 10.3. The summed E-state index contributed by atoms with van der Waals surface area (Å²) >= 11 is 0. The highest BCUT2D eigenvalue weighted by molar-refractivity contribution is 6.02. The Kier molecular flexibility index (Phi) is 7.40. The minimum atomic E-state index is -4.46. The van der Waals surface area contributed by atoms with E-state index in [9.17, 15) is 22.8 Å². The van der Waals surface area contributed by atoms with Crippen LogP contribution in [0.4, 0.5) is 19.0 Å². The first-order valence-electron chi connectivity index (χ1n) is 12.3. The van der Waals surface area contributed by atoms with Crippen LogP contribution in [-0.4, -0.2) is 65.9 Å². The lowest BCUT2D eigenvalue weighted by Crippen LogP contribution is -2.38. The number of nitrogens with one attached hydrogen (secondary N) is 1. The molecule has 1 fully saturated rings. The summed E-state index contributed by atoms with van der Waals surface area (Å²) in [6.45, 7) is 3.38. The van der Waals surface area contributed by atoms with Crippen LogP contribution in [0.5, 0.6) is 0 Å². The summed E-state index contributed by atoms with van der Waals surface area (Å²) in [5.41, 5.74) is 0.839. The van der Waals surface area contributed by atoms with Gasteiger partial charge in [-0.1, -0.05) is 17.8 Å². The molecule has 2 amide bonds. The zero-order chi connectivity index (χ0) is 28.3. The van der Waals surface area contributed by atoms with E-state index in [1.807, 2.05) is 0 Å². The van der Waals surface area contributed by atoms with Gasteiger partial charge in [-0.15, -0.1) is 0 Å². The van der Waals surface area contributed by atoms with Crippen LogP contribution in [-0.2, 0) is 11.3 Å². The van der Waals surface area contributed by atoms with E-state index in [2.05, 4.69) is 37.1 Å². The number of rotatable bonds is 7. The van der Waals surface area contributed by atoms with Crippen LogP contribution in [0.2, 0.25) is 0 Å². The maximum atomic E-state index is 12.9. The van der Waals surface area contributed by atoms with Crippen LogP contribution in [0, 0.1) is 0 Å². The quantitative estimate of drug-likeness (QED) is 0.339. The van der Waals surface area contributed by atoms with Gasteiger partial charge in [0.2, 0.25) is 17.6 Å². The molecule has 1 N–H and O–H groups in total. The van der Waals surface area contributed by atoms with Crippen LogP contribution in [0.3, 0.4) is 0 Å². The van der Waals surface area contributed by atoms with Crippen molar-refractivity contribution in [1.82, 2.24) is 34.8 Å². The molecule has 1 aliphatic heterocycles.